The number of aromatic nitrogens is 1. The average molecular weight is 282 g/mol. The Hall–Kier alpha value is -2.62. The van der Waals surface area contributed by atoms with Crippen molar-refractivity contribution >= 4 is 16.8 Å². The highest BCUT2D eigenvalue weighted by atomic mass is 19.1. The topological polar surface area (TPSA) is 34.0 Å². The van der Waals surface area contributed by atoms with Crippen LogP contribution < -0.4 is 5.32 Å². The van der Waals surface area contributed by atoms with Crippen LogP contribution in [0.3, 0.4) is 0 Å². The van der Waals surface area contributed by atoms with Crippen molar-refractivity contribution in [3.8, 4) is 0 Å². The summed E-state index contributed by atoms with van der Waals surface area (Å²) >= 11 is 0. The van der Waals surface area contributed by atoms with Gasteiger partial charge in [-0.25, -0.2) is 4.39 Å². The first-order chi connectivity index (χ1) is 10.2. The highest BCUT2D eigenvalue weighted by Gasteiger charge is 2.05. The molecule has 3 aromatic rings. The fourth-order valence-electron chi connectivity index (χ4n) is 2.33. The molecule has 1 N–H and O–H groups in total. The summed E-state index contributed by atoms with van der Waals surface area (Å²) in [6.45, 7) is 1.22. The van der Waals surface area contributed by atoms with Crippen molar-refractivity contribution in [2.24, 2.45) is 0 Å². The number of rotatable bonds is 4. The summed E-state index contributed by atoms with van der Waals surface area (Å²) in [5, 5.41) is 4.02. The molecule has 1 amide bonds. The minimum Gasteiger partial charge on any atom is -0.350 e. The van der Waals surface area contributed by atoms with E-state index in [0.29, 0.717) is 18.7 Å². The van der Waals surface area contributed by atoms with E-state index in [4.69, 9.17) is 0 Å². The Bertz CT molecular complexity index is 762. The molecule has 0 aliphatic heterocycles. The molecule has 1 heterocycles. The van der Waals surface area contributed by atoms with Crippen molar-refractivity contribution in [1.82, 2.24) is 9.88 Å². The van der Waals surface area contributed by atoms with E-state index in [2.05, 4.69) is 28.1 Å². The Morgan fingerprint density at radius 3 is 2.62 bits per heavy atom. The van der Waals surface area contributed by atoms with E-state index in [9.17, 15) is 9.18 Å². The van der Waals surface area contributed by atoms with Gasteiger partial charge in [0.2, 0.25) is 0 Å². The number of carbonyl (C=O) groups excluding carboxylic acids is 1. The summed E-state index contributed by atoms with van der Waals surface area (Å²) in [6, 6.07) is 15.7. The SMILES string of the molecule is O=C(NCCn1ccc2ccccc21)c1ccc(F)cc1. The lowest BCUT2D eigenvalue weighted by Crippen LogP contribution is -2.27. The number of halogens is 1. The zero-order valence-corrected chi connectivity index (χ0v) is 11.4. The fraction of sp³-hybridized carbons (Fsp3) is 0.118. The fourth-order valence-corrected chi connectivity index (χ4v) is 2.33. The molecule has 3 nitrogen and oxygen atoms in total. The van der Waals surface area contributed by atoms with Crippen LogP contribution in [0.5, 0.6) is 0 Å². The zero-order valence-electron chi connectivity index (χ0n) is 11.4. The summed E-state index contributed by atoms with van der Waals surface area (Å²) < 4.78 is 14.9. The molecule has 0 saturated carbocycles. The highest BCUT2D eigenvalue weighted by Crippen LogP contribution is 2.14. The average Bonchev–Trinajstić information content (AvgIpc) is 2.91. The van der Waals surface area contributed by atoms with Gasteiger partial charge >= 0.3 is 0 Å². The number of para-hydroxylation sites is 1. The van der Waals surface area contributed by atoms with Gasteiger partial charge in [0.15, 0.2) is 0 Å². The molecule has 0 saturated heterocycles. The third-order valence-corrected chi connectivity index (χ3v) is 3.42. The van der Waals surface area contributed by atoms with E-state index in [1.54, 1.807) is 0 Å². The van der Waals surface area contributed by atoms with Gasteiger partial charge in [-0.05, 0) is 41.8 Å². The first-order valence-electron chi connectivity index (χ1n) is 6.82. The number of amides is 1. The minimum absolute atomic E-state index is 0.188. The van der Waals surface area contributed by atoms with Gasteiger partial charge in [-0.1, -0.05) is 18.2 Å². The second-order valence-electron chi connectivity index (χ2n) is 4.83. The van der Waals surface area contributed by atoms with Crippen molar-refractivity contribution in [1.29, 1.82) is 0 Å². The smallest absolute Gasteiger partial charge is 0.251 e. The summed E-state index contributed by atoms with van der Waals surface area (Å²) in [5.41, 5.74) is 1.61. The van der Waals surface area contributed by atoms with E-state index in [-0.39, 0.29) is 11.7 Å². The monoisotopic (exact) mass is 282 g/mol. The van der Waals surface area contributed by atoms with Crippen molar-refractivity contribution in [2.75, 3.05) is 6.54 Å². The van der Waals surface area contributed by atoms with Crippen LogP contribution in [-0.4, -0.2) is 17.0 Å². The van der Waals surface area contributed by atoms with E-state index >= 15 is 0 Å². The van der Waals surface area contributed by atoms with Crippen LogP contribution in [-0.2, 0) is 6.54 Å². The van der Waals surface area contributed by atoms with Crippen LogP contribution in [0, 0.1) is 5.82 Å². The van der Waals surface area contributed by atoms with E-state index in [0.717, 1.165) is 5.52 Å². The third-order valence-electron chi connectivity index (χ3n) is 3.42. The Morgan fingerprint density at radius 1 is 1.05 bits per heavy atom. The number of nitrogens with one attached hydrogen (secondary N) is 1. The maximum atomic E-state index is 12.8. The number of nitrogens with zero attached hydrogens (tertiary/aromatic N) is 1. The second-order valence-corrected chi connectivity index (χ2v) is 4.83. The molecule has 2 aromatic carbocycles. The first-order valence-corrected chi connectivity index (χ1v) is 6.82. The Balaban J connectivity index is 1.61. The molecule has 1 aromatic heterocycles. The van der Waals surface area contributed by atoms with Crippen LogP contribution in [0.4, 0.5) is 4.39 Å². The molecule has 0 aliphatic rings. The predicted molar refractivity (Wildman–Crippen MR) is 80.7 cm³/mol. The summed E-state index contributed by atoms with van der Waals surface area (Å²) in [5.74, 6) is -0.531. The molecule has 0 spiro atoms. The van der Waals surface area contributed by atoms with Crippen molar-refractivity contribution in [2.45, 2.75) is 6.54 Å². The van der Waals surface area contributed by atoms with Gasteiger partial charge < -0.3 is 9.88 Å². The van der Waals surface area contributed by atoms with E-state index in [1.807, 2.05) is 18.3 Å². The molecule has 0 unspecified atom stereocenters. The van der Waals surface area contributed by atoms with Crippen LogP contribution in [0.1, 0.15) is 10.4 Å². The Labute approximate surface area is 122 Å². The van der Waals surface area contributed by atoms with Crippen LogP contribution in [0.2, 0.25) is 0 Å². The highest BCUT2D eigenvalue weighted by molar-refractivity contribution is 5.94. The van der Waals surface area contributed by atoms with E-state index < -0.39 is 0 Å². The van der Waals surface area contributed by atoms with E-state index in [1.165, 1.54) is 29.7 Å². The summed E-state index contributed by atoms with van der Waals surface area (Å²) in [6.07, 6.45) is 2.01. The Kier molecular flexibility index (Phi) is 3.69. The maximum absolute atomic E-state index is 12.8. The third kappa shape index (κ3) is 2.94. The minimum atomic E-state index is -0.342. The van der Waals surface area contributed by atoms with Crippen LogP contribution >= 0.6 is 0 Å². The Morgan fingerprint density at radius 2 is 1.81 bits per heavy atom. The van der Waals surface area contributed by atoms with Crippen LogP contribution in [0.15, 0.2) is 60.8 Å². The zero-order chi connectivity index (χ0) is 14.7. The van der Waals surface area contributed by atoms with Gasteiger partial charge in [-0.2, -0.15) is 0 Å². The summed E-state index contributed by atoms with van der Waals surface area (Å²) in [7, 11) is 0. The van der Waals surface area contributed by atoms with Gasteiger partial charge in [0.25, 0.3) is 5.91 Å². The number of carbonyl (C=O) groups is 1. The maximum Gasteiger partial charge on any atom is 0.251 e. The molecule has 0 radical (unpaired) electrons. The lowest BCUT2D eigenvalue weighted by atomic mass is 10.2. The molecule has 0 bridgehead atoms. The van der Waals surface area contributed by atoms with Gasteiger partial charge in [-0.15, -0.1) is 0 Å². The second kappa shape index (κ2) is 5.79. The number of hydrogen-bond acceptors (Lipinski definition) is 1. The molecule has 0 fully saturated rings. The lowest BCUT2D eigenvalue weighted by molar-refractivity contribution is 0.0952. The quantitative estimate of drug-likeness (QED) is 0.783. The molecule has 0 atom stereocenters. The van der Waals surface area contributed by atoms with Gasteiger partial charge in [0.05, 0.1) is 0 Å². The molecule has 106 valence electrons. The molecular weight excluding hydrogens is 267 g/mol. The molecule has 0 aliphatic carbocycles. The number of fused-ring (bicyclic) bond motifs is 1. The lowest BCUT2D eigenvalue weighted by Gasteiger charge is -2.07. The van der Waals surface area contributed by atoms with Crippen LogP contribution in [0.25, 0.3) is 10.9 Å². The van der Waals surface area contributed by atoms with Gasteiger partial charge in [-0.3, -0.25) is 4.79 Å². The van der Waals surface area contributed by atoms with Crippen molar-refractivity contribution < 1.29 is 9.18 Å². The predicted octanol–water partition coefficient (Wildman–Crippen LogP) is 3.21. The first kappa shape index (κ1) is 13.4. The standard InChI is InChI=1S/C17H15FN2O/c18-15-7-5-14(6-8-15)17(21)19-10-12-20-11-9-13-3-1-2-4-16(13)20/h1-9,11H,10,12H2,(H,19,21). The summed E-state index contributed by atoms with van der Waals surface area (Å²) in [4.78, 5) is 11.9. The van der Waals surface area contributed by atoms with Crippen molar-refractivity contribution in [3.05, 3.63) is 72.2 Å². The van der Waals surface area contributed by atoms with Crippen molar-refractivity contribution in [3.63, 3.8) is 0 Å². The van der Waals surface area contributed by atoms with Gasteiger partial charge in [0.1, 0.15) is 5.82 Å². The molecule has 21 heavy (non-hydrogen) atoms. The molecule has 4 heteroatoms. The molecule has 3 rings (SSSR count). The normalized spacial score (nSPS) is 10.7. The number of benzene rings is 2. The largest absolute Gasteiger partial charge is 0.350 e. The van der Waals surface area contributed by atoms with Gasteiger partial charge in [0, 0.05) is 30.4 Å². The molecular formula is C17H15FN2O. The number of hydrogen-bond donors (Lipinski definition) is 1.